The molecule has 2 amide bonds. The van der Waals surface area contributed by atoms with E-state index in [1.807, 2.05) is 12.1 Å². The predicted molar refractivity (Wildman–Crippen MR) is 117 cm³/mol. The van der Waals surface area contributed by atoms with E-state index in [1.165, 1.54) is 18.2 Å². The van der Waals surface area contributed by atoms with E-state index < -0.39 is 5.91 Å². The van der Waals surface area contributed by atoms with E-state index in [2.05, 4.69) is 31.6 Å². The van der Waals surface area contributed by atoms with E-state index in [0.29, 0.717) is 30.6 Å². The highest BCUT2D eigenvalue weighted by atomic mass is 19.1. The monoisotopic (exact) mass is 436 g/mol. The minimum atomic E-state index is -0.634. The Morgan fingerprint density at radius 1 is 1.22 bits per heavy atom. The fourth-order valence-electron chi connectivity index (χ4n) is 4.83. The normalized spacial score (nSPS) is 24.8. The highest BCUT2D eigenvalue weighted by Crippen LogP contribution is 2.39. The molecule has 2 aromatic rings. The average Bonchev–Trinajstić information content (AvgIpc) is 3.27. The number of amides is 2. The van der Waals surface area contributed by atoms with Crippen LogP contribution in [-0.2, 0) is 11.3 Å². The molecule has 0 saturated carbocycles. The zero-order chi connectivity index (χ0) is 22.2. The van der Waals surface area contributed by atoms with Crippen molar-refractivity contribution in [1.29, 1.82) is 0 Å². The van der Waals surface area contributed by atoms with Crippen LogP contribution in [0.1, 0.15) is 47.6 Å². The molecule has 0 aliphatic carbocycles. The summed E-state index contributed by atoms with van der Waals surface area (Å²) in [7, 11) is 0. The van der Waals surface area contributed by atoms with Gasteiger partial charge in [0.25, 0.3) is 5.91 Å². The van der Waals surface area contributed by atoms with Crippen molar-refractivity contribution >= 4 is 23.2 Å². The van der Waals surface area contributed by atoms with E-state index in [4.69, 9.17) is 5.73 Å². The number of aromatic nitrogens is 2. The van der Waals surface area contributed by atoms with Crippen molar-refractivity contribution in [1.82, 2.24) is 20.2 Å². The lowest BCUT2D eigenvalue weighted by Gasteiger charge is -2.33. The van der Waals surface area contributed by atoms with Crippen LogP contribution in [0.2, 0.25) is 0 Å². The van der Waals surface area contributed by atoms with E-state index in [-0.39, 0.29) is 29.5 Å². The topological polar surface area (TPSA) is 113 Å². The van der Waals surface area contributed by atoms with E-state index in [0.717, 1.165) is 36.9 Å². The zero-order valence-corrected chi connectivity index (χ0v) is 17.6. The van der Waals surface area contributed by atoms with Crippen LogP contribution >= 0.6 is 0 Å². The SMILES string of the molecule is NC(=O)c1cc(N[C@H]2CCNC2=O)nc(C2=C[C@H]3CCC(C2)N3Cc2ccc(F)cc2)n1. The van der Waals surface area contributed by atoms with Crippen LogP contribution in [0.4, 0.5) is 10.2 Å². The first-order valence-corrected chi connectivity index (χ1v) is 10.9. The van der Waals surface area contributed by atoms with Crippen molar-refractivity contribution in [3.63, 3.8) is 0 Å². The van der Waals surface area contributed by atoms with Gasteiger partial charge in [0.15, 0.2) is 5.82 Å². The van der Waals surface area contributed by atoms with Crippen molar-refractivity contribution < 1.29 is 14.0 Å². The Bertz CT molecular complexity index is 1090. The summed E-state index contributed by atoms with van der Waals surface area (Å²) in [4.78, 5) is 35.3. The van der Waals surface area contributed by atoms with Gasteiger partial charge in [-0.3, -0.25) is 14.5 Å². The van der Waals surface area contributed by atoms with Gasteiger partial charge in [0.05, 0.1) is 0 Å². The molecular formula is C23H25FN6O2. The fourth-order valence-corrected chi connectivity index (χ4v) is 4.83. The van der Waals surface area contributed by atoms with Gasteiger partial charge < -0.3 is 16.4 Å². The molecule has 3 aliphatic heterocycles. The van der Waals surface area contributed by atoms with Crippen LogP contribution in [0.5, 0.6) is 0 Å². The molecule has 0 spiro atoms. The Kier molecular flexibility index (Phi) is 5.34. The largest absolute Gasteiger partial charge is 0.364 e. The molecule has 2 saturated heterocycles. The quantitative estimate of drug-likeness (QED) is 0.637. The molecule has 1 unspecified atom stereocenters. The molecule has 2 fully saturated rings. The number of fused-ring (bicyclic) bond motifs is 2. The molecule has 1 aromatic heterocycles. The van der Waals surface area contributed by atoms with Crippen molar-refractivity contribution in [3.05, 3.63) is 59.3 Å². The first kappa shape index (κ1) is 20.6. The second-order valence-electron chi connectivity index (χ2n) is 8.60. The molecule has 4 heterocycles. The number of halogens is 1. The third-order valence-electron chi connectivity index (χ3n) is 6.45. The third-order valence-corrected chi connectivity index (χ3v) is 6.45. The highest BCUT2D eigenvalue weighted by molar-refractivity contribution is 5.92. The van der Waals surface area contributed by atoms with Crippen molar-refractivity contribution in [2.24, 2.45) is 5.73 Å². The molecular weight excluding hydrogens is 411 g/mol. The number of anilines is 1. The Balaban J connectivity index is 1.40. The number of hydrogen-bond donors (Lipinski definition) is 3. The third kappa shape index (κ3) is 4.08. The van der Waals surface area contributed by atoms with Crippen LogP contribution in [0.15, 0.2) is 36.4 Å². The van der Waals surface area contributed by atoms with Gasteiger partial charge in [0.1, 0.15) is 23.4 Å². The van der Waals surface area contributed by atoms with Crippen molar-refractivity contribution in [3.8, 4) is 0 Å². The highest BCUT2D eigenvalue weighted by Gasteiger charge is 2.37. The van der Waals surface area contributed by atoms with Crippen LogP contribution in [0.3, 0.4) is 0 Å². The minimum absolute atomic E-state index is 0.0860. The van der Waals surface area contributed by atoms with Gasteiger partial charge in [0, 0.05) is 31.2 Å². The number of hydrogen-bond acceptors (Lipinski definition) is 6. The first-order valence-electron chi connectivity index (χ1n) is 10.9. The van der Waals surface area contributed by atoms with E-state index in [9.17, 15) is 14.0 Å². The number of carbonyl (C=O) groups excluding carboxylic acids is 2. The Hall–Kier alpha value is -3.33. The summed E-state index contributed by atoms with van der Waals surface area (Å²) in [6.07, 6.45) is 5.64. The van der Waals surface area contributed by atoms with Gasteiger partial charge in [0.2, 0.25) is 5.91 Å². The number of nitrogens with one attached hydrogen (secondary N) is 2. The molecule has 3 atom stereocenters. The summed E-state index contributed by atoms with van der Waals surface area (Å²) >= 11 is 0. The van der Waals surface area contributed by atoms with Gasteiger partial charge in [-0.2, -0.15) is 0 Å². The molecule has 1 aromatic carbocycles. The van der Waals surface area contributed by atoms with Gasteiger partial charge >= 0.3 is 0 Å². The molecule has 5 rings (SSSR count). The van der Waals surface area contributed by atoms with Crippen LogP contribution in [-0.4, -0.2) is 51.4 Å². The molecule has 2 bridgehead atoms. The van der Waals surface area contributed by atoms with E-state index >= 15 is 0 Å². The standard InChI is InChI=1S/C23H25FN6O2/c24-15-3-1-13(2-4-15)12-30-16-5-6-17(30)10-14(9-16)22-28-19(21(25)31)11-20(29-22)27-18-7-8-26-23(18)32/h1-4,9,11,16-18H,5-8,10,12H2,(H2,25,31)(H,26,32)(H,27,28,29)/t16-,17?,18+/m1/s1. The average molecular weight is 436 g/mol. The summed E-state index contributed by atoms with van der Waals surface area (Å²) in [6, 6.07) is 8.29. The summed E-state index contributed by atoms with van der Waals surface area (Å²) in [5.41, 5.74) is 7.69. The second kappa shape index (κ2) is 8.31. The summed E-state index contributed by atoms with van der Waals surface area (Å²) in [6.45, 7) is 1.36. The minimum Gasteiger partial charge on any atom is -0.364 e. The van der Waals surface area contributed by atoms with Crippen LogP contribution in [0.25, 0.3) is 5.57 Å². The predicted octanol–water partition coefficient (Wildman–Crippen LogP) is 1.84. The van der Waals surface area contributed by atoms with Crippen LogP contribution < -0.4 is 16.4 Å². The zero-order valence-electron chi connectivity index (χ0n) is 17.6. The maximum atomic E-state index is 13.2. The number of rotatable bonds is 6. The van der Waals surface area contributed by atoms with Crippen LogP contribution in [0, 0.1) is 5.82 Å². The number of benzene rings is 1. The molecule has 9 heteroatoms. The van der Waals surface area contributed by atoms with Gasteiger partial charge in [-0.05, 0) is 49.0 Å². The molecule has 8 nitrogen and oxygen atoms in total. The maximum absolute atomic E-state index is 13.2. The molecule has 4 N–H and O–H groups in total. The smallest absolute Gasteiger partial charge is 0.267 e. The van der Waals surface area contributed by atoms with Gasteiger partial charge in [-0.1, -0.05) is 18.2 Å². The lowest BCUT2D eigenvalue weighted by Crippen LogP contribution is -2.38. The van der Waals surface area contributed by atoms with Crippen molar-refractivity contribution in [2.75, 3.05) is 11.9 Å². The number of nitrogens with zero attached hydrogens (tertiary/aromatic N) is 3. The number of carbonyl (C=O) groups is 2. The first-order chi connectivity index (χ1) is 15.5. The number of primary amides is 1. The lowest BCUT2D eigenvalue weighted by atomic mass is 9.99. The molecule has 32 heavy (non-hydrogen) atoms. The Labute approximate surface area is 185 Å². The number of nitrogens with two attached hydrogens (primary N) is 1. The second-order valence-corrected chi connectivity index (χ2v) is 8.60. The summed E-state index contributed by atoms with van der Waals surface area (Å²) < 4.78 is 13.2. The molecule has 3 aliphatic rings. The summed E-state index contributed by atoms with van der Waals surface area (Å²) in [5, 5.41) is 5.89. The van der Waals surface area contributed by atoms with Gasteiger partial charge in [-0.25, -0.2) is 14.4 Å². The van der Waals surface area contributed by atoms with E-state index in [1.54, 1.807) is 0 Å². The fraction of sp³-hybridized carbons (Fsp3) is 0.391. The Morgan fingerprint density at radius 3 is 2.72 bits per heavy atom. The molecule has 166 valence electrons. The Morgan fingerprint density at radius 2 is 2.03 bits per heavy atom. The lowest BCUT2D eigenvalue weighted by molar-refractivity contribution is -0.119. The molecule has 0 radical (unpaired) electrons. The van der Waals surface area contributed by atoms with Gasteiger partial charge in [-0.15, -0.1) is 0 Å². The maximum Gasteiger partial charge on any atom is 0.267 e. The summed E-state index contributed by atoms with van der Waals surface area (Å²) in [5.74, 6) is -0.0565. The van der Waals surface area contributed by atoms with Crippen molar-refractivity contribution in [2.45, 2.75) is 50.4 Å².